The fraction of sp³-hybridized carbons (Fsp3) is 0.214. The van der Waals surface area contributed by atoms with Crippen LogP contribution in [0.5, 0.6) is 0 Å². The molecule has 0 amide bonds. The summed E-state index contributed by atoms with van der Waals surface area (Å²) in [5.74, 6) is 0. The zero-order valence-corrected chi connectivity index (χ0v) is 13.4. The van der Waals surface area contributed by atoms with Crippen molar-refractivity contribution in [2.24, 2.45) is 0 Å². The third-order valence-corrected chi connectivity index (χ3v) is 3.90. The third-order valence-electron chi connectivity index (χ3n) is 2.72. The second kappa shape index (κ2) is 5.85. The molecule has 94 valence electrons. The van der Waals surface area contributed by atoms with E-state index in [1.54, 1.807) is 0 Å². The van der Waals surface area contributed by atoms with Crippen LogP contribution in [0, 0.1) is 6.92 Å². The van der Waals surface area contributed by atoms with E-state index >= 15 is 0 Å². The van der Waals surface area contributed by atoms with Crippen molar-refractivity contribution in [1.82, 2.24) is 4.98 Å². The predicted molar refractivity (Wildman–Crippen MR) is 82.9 cm³/mol. The van der Waals surface area contributed by atoms with Gasteiger partial charge < -0.3 is 5.32 Å². The molecule has 1 aromatic heterocycles. The highest BCUT2D eigenvalue weighted by Gasteiger charge is 2.09. The van der Waals surface area contributed by atoms with Crippen molar-refractivity contribution >= 4 is 37.5 Å². The van der Waals surface area contributed by atoms with Gasteiger partial charge in [0, 0.05) is 20.7 Å². The number of hydrogen-bond donors (Lipinski definition) is 1. The second-order valence-electron chi connectivity index (χ2n) is 4.22. The number of rotatable bonds is 3. The lowest BCUT2D eigenvalue weighted by Crippen LogP contribution is -2.07. The van der Waals surface area contributed by atoms with Gasteiger partial charge in [-0.2, -0.15) is 0 Å². The fourth-order valence-corrected chi connectivity index (χ4v) is 3.12. The lowest BCUT2D eigenvalue weighted by atomic mass is 10.1. The van der Waals surface area contributed by atoms with Crippen molar-refractivity contribution in [3.05, 3.63) is 56.7 Å². The highest BCUT2D eigenvalue weighted by atomic mass is 79.9. The van der Waals surface area contributed by atoms with Crippen LogP contribution in [-0.2, 0) is 0 Å². The molecule has 0 saturated heterocycles. The number of hydrogen-bond acceptors (Lipinski definition) is 2. The summed E-state index contributed by atoms with van der Waals surface area (Å²) in [6.45, 7) is 4.12. The molecule has 0 saturated carbocycles. The maximum Gasteiger partial charge on any atom is 0.0531 e. The van der Waals surface area contributed by atoms with Crippen molar-refractivity contribution in [2.75, 3.05) is 5.32 Å². The average molecular weight is 370 g/mol. The molecular formula is C14H14Br2N2. The van der Waals surface area contributed by atoms with Crippen molar-refractivity contribution in [1.29, 1.82) is 0 Å². The van der Waals surface area contributed by atoms with E-state index in [1.807, 2.05) is 31.3 Å². The van der Waals surface area contributed by atoms with Gasteiger partial charge in [-0.25, -0.2) is 0 Å². The molecule has 0 bridgehead atoms. The SMILES string of the molecule is Cc1ccc(NC(C)c2ccc(Br)cc2Br)cn1. The molecule has 0 fully saturated rings. The molecule has 0 spiro atoms. The summed E-state index contributed by atoms with van der Waals surface area (Å²) in [6, 6.07) is 10.5. The van der Waals surface area contributed by atoms with Gasteiger partial charge >= 0.3 is 0 Å². The standard InChI is InChI=1S/C14H14Br2N2/c1-9-3-5-12(8-17-9)18-10(2)13-6-4-11(15)7-14(13)16/h3-8,10,18H,1-2H3. The van der Waals surface area contributed by atoms with E-state index in [1.165, 1.54) is 5.56 Å². The van der Waals surface area contributed by atoms with E-state index in [0.29, 0.717) is 0 Å². The molecule has 1 heterocycles. The minimum absolute atomic E-state index is 0.219. The topological polar surface area (TPSA) is 24.9 Å². The number of aryl methyl sites for hydroxylation is 1. The van der Waals surface area contributed by atoms with Crippen LogP contribution in [0.25, 0.3) is 0 Å². The first-order valence-corrected chi connectivity index (χ1v) is 7.29. The van der Waals surface area contributed by atoms with Gasteiger partial charge in [0.05, 0.1) is 11.9 Å². The van der Waals surface area contributed by atoms with Crippen LogP contribution in [0.3, 0.4) is 0 Å². The quantitative estimate of drug-likeness (QED) is 0.815. The van der Waals surface area contributed by atoms with E-state index in [9.17, 15) is 0 Å². The minimum atomic E-state index is 0.219. The van der Waals surface area contributed by atoms with Crippen LogP contribution >= 0.6 is 31.9 Å². The number of aromatic nitrogens is 1. The molecule has 2 aromatic rings. The van der Waals surface area contributed by atoms with E-state index in [2.05, 4.69) is 61.2 Å². The predicted octanol–water partition coefficient (Wildman–Crippen LogP) is 5.09. The smallest absolute Gasteiger partial charge is 0.0531 e. The molecule has 1 N–H and O–H groups in total. The summed E-state index contributed by atoms with van der Waals surface area (Å²) < 4.78 is 2.17. The first-order chi connectivity index (χ1) is 8.56. The molecule has 1 aromatic carbocycles. The monoisotopic (exact) mass is 368 g/mol. The van der Waals surface area contributed by atoms with Gasteiger partial charge in [0.2, 0.25) is 0 Å². The molecule has 18 heavy (non-hydrogen) atoms. The van der Waals surface area contributed by atoms with Gasteiger partial charge in [0.1, 0.15) is 0 Å². The van der Waals surface area contributed by atoms with Crippen LogP contribution in [0.1, 0.15) is 24.2 Å². The fourth-order valence-electron chi connectivity index (χ4n) is 1.73. The molecule has 0 aliphatic carbocycles. The number of nitrogens with zero attached hydrogens (tertiary/aromatic N) is 1. The number of benzene rings is 1. The zero-order chi connectivity index (χ0) is 13.1. The summed E-state index contributed by atoms with van der Waals surface area (Å²) in [5, 5.41) is 3.44. The minimum Gasteiger partial charge on any atom is -0.377 e. The van der Waals surface area contributed by atoms with Crippen LogP contribution in [0.4, 0.5) is 5.69 Å². The van der Waals surface area contributed by atoms with Crippen LogP contribution < -0.4 is 5.32 Å². The molecule has 1 unspecified atom stereocenters. The van der Waals surface area contributed by atoms with Crippen molar-refractivity contribution < 1.29 is 0 Å². The van der Waals surface area contributed by atoms with Crippen molar-refractivity contribution in [2.45, 2.75) is 19.9 Å². The van der Waals surface area contributed by atoms with Gasteiger partial charge in [-0.05, 0) is 43.7 Å². The maximum atomic E-state index is 4.28. The molecule has 1 atom stereocenters. The van der Waals surface area contributed by atoms with E-state index in [-0.39, 0.29) is 6.04 Å². The van der Waals surface area contributed by atoms with Crippen molar-refractivity contribution in [3.63, 3.8) is 0 Å². The summed E-state index contributed by atoms with van der Waals surface area (Å²) in [4.78, 5) is 4.28. The molecule has 2 nitrogen and oxygen atoms in total. The van der Waals surface area contributed by atoms with E-state index in [0.717, 1.165) is 20.3 Å². The van der Waals surface area contributed by atoms with Gasteiger partial charge in [-0.3, -0.25) is 4.98 Å². The molecule has 0 aliphatic rings. The Morgan fingerprint density at radius 2 is 1.94 bits per heavy atom. The Morgan fingerprint density at radius 1 is 1.17 bits per heavy atom. The summed E-state index contributed by atoms with van der Waals surface area (Å²) in [6.07, 6.45) is 1.86. The van der Waals surface area contributed by atoms with E-state index < -0.39 is 0 Å². The largest absolute Gasteiger partial charge is 0.377 e. The number of pyridine rings is 1. The van der Waals surface area contributed by atoms with Crippen LogP contribution in [-0.4, -0.2) is 4.98 Å². The number of halogens is 2. The van der Waals surface area contributed by atoms with Crippen LogP contribution in [0.15, 0.2) is 45.5 Å². The average Bonchev–Trinajstić information content (AvgIpc) is 2.32. The Morgan fingerprint density at radius 3 is 2.56 bits per heavy atom. The lowest BCUT2D eigenvalue weighted by molar-refractivity contribution is 0.876. The Hall–Kier alpha value is -0.870. The summed E-state index contributed by atoms with van der Waals surface area (Å²) >= 11 is 7.05. The highest BCUT2D eigenvalue weighted by Crippen LogP contribution is 2.28. The van der Waals surface area contributed by atoms with Gasteiger partial charge in [0.25, 0.3) is 0 Å². The first-order valence-electron chi connectivity index (χ1n) is 5.70. The molecular weight excluding hydrogens is 356 g/mol. The maximum absolute atomic E-state index is 4.28. The summed E-state index contributed by atoms with van der Waals surface area (Å²) in [7, 11) is 0. The van der Waals surface area contributed by atoms with Gasteiger partial charge in [-0.1, -0.05) is 37.9 Å². The van der Waals surface area contributed by atoms with Gasteiger partial charge in [0.15, 0.2) is 0 Å². The molecule has 0 radical (unpaired) electrons. The first kappa shape index (κ1) is 13.6. The van der Waals surface area contributed by atoms with Crippen LogP contribution in [0.2, 0.25) is 0 Å². The lowest BCUT2D eigenvalue weighted by Gasteiger charge is -2.17. The van der Waals surface area contributed by atoms with E-state index in [4.69, 9.17) is 0 Å². The number of nitrogens with one attached hydrogen (secondary N) is 1. The number of anilines is 1. The Bertz CT molecular complexity index is 538. The second-order valence-corrected chi connectivity index (χ2v) is 5.99. The normalized spacial score (nSPS) is 12.2. The molecule has 4 heteroatoms. The van der Waals surface area contributed by atoms with Gasteiger partial charge in [-0.15, -0.1) is 0 Å². The molecule has 2 rings (SSSR count). The Labute approximate surface area is 124 Å². The highest BCUT2D eigenvalue weighted by molar-refractivity contribution is 9.11. The zero-order valence-electron chi connectivity index (χ0n) is 10.2. The Kier molecular flexibility index (Phi) is 4.40. The Balaban J connectivity index is 2.16. The third kappa shape index (κ3) is 3.33. The summed E-state index contributed by atoms with van der Waals surface area (Å²) in [5.41, 5.74) is 3.28. The molecule has 0 aliphatic heterocycles. The van der Waals surface area contributed by atoms with Crippen molar-refractivity contribution in [3.8, 4) is 0 Å².